The quantitative estimate of drug-likeness (QED) is 0.844. The number of hydrogen-bond donors (Lipinski definition) is 1. The van der Waals surface area contributed by atoms with Gasteiger partial charge in [0.2, 0.25) is 0 Å². The first kappa shape index (κ1) is 12.9. The summed E-state index contributed by atoms with van der Waals surface area (Å²) < 4.78 is 0. The molecule has 1 saturated heterocycles. The monoisotopic (exact) mass is 247 g/mol. The zero-order valence-corrected chi connectivity index (χ0v) is 10.9. The number of anilines is 1. The summed E-state index contributed by atoms with van der Waals surface area (Å²) in [6.07, 6.45) is 0. The van der Waals surface area contributed by atoms with Gasteiger partial charge in [-0.25, -0.2) is 0 Å². The van der Waals surface area contributed by atoms with Gasteiger partial charge in [0.05, 0.1) is 0 Å². The summed E-state index contributed by atoms with van der Waals surface area (Å²) >= 11 is 0. The second-order valence-corrected chi connectivity index (χ2v) is 5.10. The number of piperazine rings is 1. The molecule has 0 aliphatic carbocycles. The molecule has 1 radical (unpaired) electrons. The maximum atomic E-state index is 11.9. The molecule has 0 unspecified atom stereocenters. The minimum Gasteiger partial charge on any atom is -0.381 e. The zero-order chi connectivity index (χ0) is 13.2. The lowest BCUT2D eigenvalue weighted by Gasteiger charge is -2.38. The highest BCUT2D eigenvalue weighted by Gasteiger charge is 2.31. The van der Waals surface area contributed by atoms with E-state index in [1.54, 1.807) is 4.90 Å². The van der Waals surface area contributed by atoms with Gasteiger partial charge < -0.3 is 14.9 Å². The summed E-state index contributed by atoms with van der Waals surface area (Å²) in [6.45, 7) is 5.98. The lowest BCUT2D eigenvalue weighted by atomic mass is 10.1. The Morgan fingerprint density at radius 1 is 1.22 bits per heavy atom. The van der Waals surface area contributed by atoms with Crippen molar-refractivity contribution in [1.82, 2.24) is 4.90 Å². The molecular formula is C14H19N2O2. The highest BCUT2D eigenvalue weighted by Crippen LogP contribution is 2.17. The van der Waals surface area contributed by atoms with Gasteiger partial charge in [0, 0.05) is 31.9 Å². The van der Waals surface area contributed by atoms with Gasteiger partial charge in [0.15, 0.2) is 0 Å². The summed E-state index contributed by atoms with van der Waals surface area (Å²) in [7, 11) is 0. The molecule has 1 amide bonds. The lowest BCUT2D eigenvalue weighted by Crippen LogP contribution is -2.54. The van der Waals surface area contributed by atoms with Gasteiger partial charge in [-0.3, -0.25) is 4.79 Å². The zero-order valence-electron chi connectivity index (χ0n) is 10.9. The van der Waals surface area contributed by atoms with Crippen LogP contribution >= 0.6 is 0 Å². The first-order chi connectivity index (χ1) is 8.48. The van der Waals surface area contributed by atoms with E-state index in [0.717, 1.165) is 18.8 Å². The summed E-state index contributed by atoms with van der Waals surface area (Å²) in [5.74, 6) is -0.191. The summed E-state index contributed by atoms with van der Waals surface area (Å²) in [5.41, 5.74) is -0.117. The van der Waals surface area contributed by atoms with Gasteiger partial charge >= 0.3 is 0 Å². The van der Waals surface area contributed by atoms with Crippen LogP contribution < -0.4 is 4.90 Å². The van der Waals surface area contributed by atoms with Crippen LogP contribution in [-0.4, -0.2) is 47.7 Å². The number of amides is 1. The third kappa shape index (κ3) is 2.82. The van der Waals surface area contributed by atoms with Crippen molar-refractivity contribution in [3.05, 3.63) is 30.3 Å². The summed E-state index contributed by atoms with van der Waals surface area (Å²) in [6, 6.07) is 10.8. The van der Waals surface area contributed by atoms with E-state index in [9.17, 15) is 9.90 Å². The van der Waals surface area contributed by atoms with Gasteiger partial charge in [-0.1, -0.05) is 12.1 Å². The minimum atomic E-state index is -1.27. The molecule has 1 fully saturated rings. The number of hydrogen-bond acceptors (Lipinski definition) is 3. The number of rotatable bonds is 2. The highest BCUT2D eigenvalue weighted by atomic mass is 16.3. The van der Waals surface area contributed by atoms with E-state index in [0.29, 0.717) is 13.1 Å². The average Bonchev–Trinajstić information content (AvgIpc) is 2.38. The highest BCUT2D eigenvalue weighted by molar-refractivity contribution is 5.84. The number of benzene rings is 1. The molecule has 2 rings (SSSR count). The van der Waals surface area contributed by atoms with Crippen molar-refractivity contribution in [2.45, 2.75) is 19.4 Å². The molecule has 0 aromatic heterocycles. The van der Waals surface area contributed by atoms with Crippen molar-refractivity contribution in [3.8, 4) is 0 Å². The third-order valence-corrected chi connectivity index (χ3v) is 3.16. The van der Waals surface area contributed by atoms with E-state index in [2.05, 4.69) is 11.0 Å². The second-order valence-electron chi connectivity index (χ2n) is 5.10. The number of carbonyl (C=O) groups excluding carboxylic acids is 1. The maximum absolute atomic E-state index is 11.9. The molecule has 1 heterocycles. The minimum absolute atomic E-state index is 0.191. The molecule has 0 spiro atoms. The Kier molecular flexibility index (Phi) is 3.57. The van der Waals surface area contributed by atoms with Crippen LogP contribution in [0.1, 0.15) is 13.8 Å². The second kappa shape index (κ2) is 4.98. The molecule has 0 atom stereocenters. The maximum Gasteiger partial charge on any atom is 0.254 e. The van der Waals surface area contributed by atoms with Gasteiger partial charge in [0.1, 0.15) is 5.60 Å². The molecule has 1 N–H and O–H groups in total. The van der Waals surface area contributed by atoms with Crippen LogP contribution in [0.5, 0.6) is 0 Å². The molecule has 1 aliphatic rings. The smallest absolute Gasteiger partial charge is 0.254 e. The van der Waals surface area contributed by atoms with Gasteiger partial charge in [-0.2, -0.15) is 0 Å². The number of aliphatic hydroxyl groups is 1. The van der Waals surface area contributed by atoms with E-state index in [1.807, 2.05) is 24.3 Å². The van der Waals surface area contributed by atoms with Crippen LogP contribution in [0.15, 0.2) is 24.3 Å². The molecule has 1 aromatic rings. The Balaban J connectivity index is 1.95. The van der Waals surface area contributed by atoms with Crippen molar-refractivity contribution in [2.75, 3.05) is 31.1 Å². The van der Waals surface area contributed by atoms with Crippen molar-refractivity contribution >= 4 is 11.6 Å². The SMILES string of the molecule is CC(C)(O)C(=O)N1CCN(c2cc[c]cc2)CC1. The Bertz CT molecular complexity index is 404. The van der Waals surface area contributed by atoms with Crippen molar-refractivity contribution < 1.29 is 9.90 Å². The number of nitrogens with zero attached hydrogens (tertiary/aromatic N) is 2. The Morgan fingerprint density at radius 2 is 1.78 bits per heavy atom. The Labute approximate surface area is 108 Å². The fourth-order valence-electron chi connectivity index (χ4n) is 2.14. The van der Waals surface area contributed by atoms with Crippen molar-refractivity contribution in [3.63, 3.8) is 0 Å². The van der Waals surface area contributed by atoms with Gasteiger partial charge in [0.25, 0.3) is 5.91 Å². The normalized spacial score (nSPS) is 16.8. The van der Waals surface area contributed by atoms with E-state index < -0.39 is 5.60 Å². The molecular weight excluding hydrogens is 228 g/mol. The first-order valence-corrected chi connectivity index (χ1v) is 6.21. The van der Waals surface area contributed by atoms with E-state index in [4.69, 9.17) is 0 Å². The van der Waals surface area contributed by atoms with Crippen LogP contribution in [0.3, 0.4) is 0 Å². The van der Waals surface area contributed by atoms with Crippen molar-refractivity contribution in [1.29, 1.82) is 0 Å². The first-order valence-electron chi connectivity index (χ1n) is 6.21. The van der Waals surface area contributed by atoms with E-state index >= 15 is 0 Å². The van der Waals surface area contributed by atoms with Crippen LogP contribution in [0.2, 0.25) is 0 Å². The molecule has 18 heavy (non-hydrogen) atoms. The van der Waals surface area contributed by atoms with E-state index in [1.165, 1.54) is 13.8 Å². The lowest BCUT2D eigenvalue weighted by molar-refractivity contribution is -0.148. The predicted molar refractivity (Wildman–Crippen MR) is 70.4 cm³/mol. The predicted octanol–water partition coefficient (Wildman–Crippen LogP) is 0.906. The van der Waals surface area contributed by atoms with Gasteiger partial charge in [-0.15, -0.1) is 0 Å². The van der Waals surface area contributed by atoms with Crippen molar-refractivity contribution in [2.24, 2.45) is 0 Å². The molecule has 1 aliphatic heterocycles. The van der Waals surface area contributed by atoms with Crippen LogP contribution in [0, 0.1) is 6.07 Å². The molecule has 4 nitrogen and oxygen atoms in total. The largest absolute Gasteiger partial charge is 0.381 e. The molecule has 1 aromatic carbocycles. The third-order valence-electron chi connectivity index (χ3n) is 3.16. The Hall–Kier alpha value is -1.55. The van der Waals surface area contributed by atoms with Crippen LogP contribution in [0.4, 0.5) is 5.69 Å². The Morgan fingerprint density at radius 3 is 2.28 bits per heavy atom. The molecule has 4 heteroatoms. The number of carbonyl (C=O) groups is 1. The molecule has 97 valence electrons. The fourth-order valence-corrected chi connectivity index (χ4v) is 2.14. The van der Waals surface area contributed by atoms with Crippen LogP contribution in [-0.2, 0) is 4.79 Å². The van der Waals surface area contributed by atoms with Gasteiger partial charge in [-0.05, 0) is 32.0 Å². The molecule has 0 bridgehead atoms. The topological polar surface area (TPSA) is 43.8 Å². The molecule has 0 saturated carbocycles. The summed E-state index contributed by atoms with van der Waals surface area (Å²) in [5, 5.41) is 9.71. The summed E-state index contributed by atoms with van der Waals surface area (Å²) in [4.78, 5) is 15.9. The average molecular weight is 247 g/mol. The van der Waals surface area contributed by atoms with E-state index in [-0.39, 0.29) is 5.91 Å². The standard InChI is InChI=1S/C14H19N2O2/c1-14(2,18)13(17)16-10-8-15(9-11-16)12-6-4-3-5-7-12/h4-7,18H,8-11H2,1-2H3. The van der Waals surface area contributed by atoms with Crippen LogP contribution in [0.25, 0.3) is 0 Å². The fraction of sp³-hybridized carbons (Fsp3) is 0.500.